The molecule has 0 unspecified atom stereocenters. The number of nitrogens with zero attached hydrogens (tertiary/aromatic N) is 3. The maximum absolute atomic E-state index is 9.56. The van der Waals surface area contributed by atoms with E-state index in [1.165, 1.54) is 10.8 Å². The number of nitrogens with one attached hydrogen (secondary N) is 1. The molecule has 176 valence electrons. The molecule has 0 radical (unpaired) electrons. The Hall–Kier alpha value is -4.41. The van der Waals surface area contributed by atoms with Crippen LogP contribution in [0.15, 0.2) is 71.8 Å². The number of ether oxygens (including phenoxy) is 3. The normalized spacial score (nSPS) is 10.9. The van der Waals surface area contributed by atoms with Crippen LogP contribution in [-0.2, 0) is 18.0 Å². The van der Waals surface area contributed by atoms with Crippen LogP contribution in [0.3, 0.4) is 0 Å². The molecule has 1 heterocycles. The number of aromatic nitrogens is 1. The third kappa shape index (κ3) is 5.57. The standard InChI is InChI=1S/C28H26N4O3/c1-19-13-23(17-33-2)25(15-29)28(31-19)32-30-16-20-11-12-26(27(14-20)34-3)35-18-22-9-6-8-21-7-4-5-10-24(21)22/h4-14,16H,17-18H2,1-3H3,(H,31,32)/b30-16+. The number of benzene rings is 3. The Balaban J connectivity index is 1.48. The van der Waals surface area contributed by atoms with Gasteiger partial charge in [-0.05, 0) is 53.1 Å². The summed E-state index contributed by atoms with van der Waals surface area (Å²) in [5.74, 6) is 1.63. The highest BCUT2D eigenvalue weighted by molar-refractivity contribution is 5.85. The summed E-state index contributed by atoms with van der Waals surface area (Å²) < 4.78 is 16.8. The molecule has 1 aromatic heterocycles. The maximum Gasteiger partial charge on any atom is 0.164 e. The van der Waals surface area contributed by atoms with E-state index in [2.05, 4.69) is 45.8 Å². The fourth-order valence-corrected chi connectivity index (χ4v) is 3.84. The quantitative estimate of drug-likeness (QED) is 0.255. The molecule has 0 atom stereocenters. The van der Waals surface area contributed by atoms with Crippen molar-refractivity contribution in [3.63, 3.8) is 0 Å². The SMILES string of the molecule is COCc1cc(C)nc(N/N=C/c2ccc(OCc3cccc4ccccc34)c(OC)c2)c1C#N. The average Bonchev–Trinajstić information content (AvgIpc) is 2.88. The molecule has 4 rings (SSSR count). The van der Waals surface area contributed by atoms with Crippen LogP contribution >= 0.6 is 0 Å². The minimum atomic E-state index is 0.322. The molecule has 7 nitrogen and oxygen atoms in total. The van der Waals surface area contributed by atoms with Crippen molar-refractivity contribution >= 4 is 22.8 Å². The smallest absolute Gasteiger partial charge is 0.164 e. The highest BCUT2D eigenvalue weighted by atomic mass is 16.5. The van der Waals surface area contributed by atoms with E-state index in [0.717, 1.165) is 22.4 Å². The Labute approximate surface area is 204 Å². The minimum absolute atomic E-state index is 0.322. The fourth-order valence-electron chi connectivity index (χ4n) is 3.84. The van der Waals surface area contributed by atoms with Crippen molar-refractivity contribution in [1.29, 1.82) is 5.26 Å². The molecule has 0 amide bonds. The van der Waals surface area contributed by atoms with Crippen LogP contribution in [0.25, 0.3) is 10.8 Å². The summed E-state index contributed by atoms with van der Waals surface area (Å²) in [7, 11) is 3.19. The second-order valence-corrected chi connectivity index (χ2v) is 7.90. The lowest BCUT2D eigenvalue weighted by Gasteiger charge is -2.13. The molecule has 0 fully saturated rings. The first-order valence-electron chi connectivity index (χ1n) is 11.1. The Morgan fingerprint density at radius 3 is 2.60 bits per heavy atom. The van der Waals surface area contributed by atoms with E-state index in [4.69, 9.17) is 14.2 Å². The van der Waals surface area contributed by atoms with Crippen molar-refractivity contribution < 1.29 is 14.2 Å². The van der Waals surface area contributed by atoms with Crippen molar-refractivity contribution in [2.24, 2.45) is 5.10 Å². The van der Waals surface area contributed by atoms with Crippen LogP contribution < -0.4 is 14.9 Å². The fraction of sp³-hybridized carbons (Fsp3) is 0.179. The summed E-state index contributed by atoms with van der Waals surface area (Å²) in [6.07, 6.45) is 1.64. The third-order valence-electron chi connectivity index (χ3n) is 5.48. The molecule has 0 bridgehead atoms. The topological polar surface area (TPSA) is 88.8 Å². The summed E-state index contributed by atoms with van der Waals surface area (Å²) in [4.78, 5) is 4.39. The van der Waals surface area contributed by atoms with Crippen LogP contribution in [0.1, 0.15) is 27.9 Å². The Bertz CT molecular complexity index is 1400. The molecule has 0 aliphatic heterocycles. The minimum Gasteiger partial charge on any atom is -0.493 e. The van der Waals surface area contributed by atoms with Gasteiger partial charge in [0.1, 0.15) is 18.2 Å². The lowest BCUT2D eigenvalue weighted by atomic mass is 10.1. The summed E-state index contributed by atoms with van der Waals surface area (Å²) in [6, 6.07) is 24.0. The van der Waals surface area contributed by atoms with E-state index < -0.39 is 0 Å². The number of aryl methyl sites for hydroxylation is 1. The number of nitriles is 1. The van der Waals surface area contributed by atoms with Crippen molar-refractivity contribution in [2.75, 3.05) is 19.6 Å². The lowest BCUT2D eigenvalue weighted by Crippen LogP contribution is -2.03. The molecule has 0 saturated carbocycles. The third-order valence-corrected chi connectivity index (χ3v) is 5.48. The van der Waals surface area contributed by atoms with Crippen molar-refractivity contribution in [3.8, 4) is 17.6 Å². The van der Waals surface area contributed by atoms with Crippen molar-refractivity contribution in [2.45, 2.75) is 20.1 Å². The van der Waals surface area contributed by atoms with Gasteiger partial charge in [-0.25, -0.2) is 4.98 Å². The molecule has 35 heavy (non-hydrogen) atoms. The second kappa shape index (κ2) is 11.1. The van der Waals surface area contributed by atoms with Gasteiger partial charge in [0.15, 0.2) is 17.3 Å². The number of hydrogen-bond acceptors (Lipinski definition) is 7. The first kappa shape index (κ1) is 23.7. The summed E-state index contributed by atoms with van der Waals surface area (Å²) in [5.41, 5.74) is 6.71. The van der Waals surface area contributed by atoms with Crippen LogP contribution in [0.5, 0.6) is 11.5 Å². The van der Waals surface area contributed by atoms with E-state index in [-0.39, 0.29) is 0 Å². The predicted octanol–water partition coefficient (Wildman–Crippen LogP) is 5.59. The van der Waals surface area contributed by atoms with Gasteiger partial charge in [0.05, 0.1) is 19.9 Å². The Kier molecular flexibility index (Phi) is 7.56. The van der Waals surface area contributed by atoms with Gasteiger partial charge >= 0.3 is 0 Å². The first-order valence-corrected chi connectivity index (χ1v) is 11.1. The van der Waals surface area contributed by atoms with Crippen LogP contribution in [-0.4, -0.2) is 25.4 Å². The highest BCUT2D eigenvalue weighted by Gasteiger charge is 2.11. The number of fused-ring (bicyclic) bond motifs is 1. The second-order valence-electron chi connectivity index (χ2n) is 7.90. The number of rotatable bonds is 9. The number of hydrazone groups is 1. The molecule has 1 N–H and O–H groups in total. The molecule has 4 aromatic rings. The number of anilines is 1. The summed E-state index contributed by atoms with van der Waals surface area (Å²) in [6.45, 7) is 2.60. The van der Waals surface area contributed by atoms with Gasteiger partial charge in [-0.2, -0.15) is 10.4 Å². The van der Waals surface area contributed by atoms with Gasteiger partial charge < -0.3 is 14.2 Å². The van der Waals surface area contributed by atoms with Crippen molar-refractivity contribution in [1.82, 2.24) is 4.98 Å². The highest BCUT2D eigenvalue weighted by Crippen LogP contribution is 2.29. The number of pyridine rings is 1. The predicted molar refractivity (Wildman–Crippen MR) is 137 cm³/mol. The van der Waals surface area contributed by atoms with E-state index in [9.17, 15) is 5.26 Å². The summed E-state index contributed by atoms with van der Waals surface area (Å²) >= 11 is 0. The maximum atomic E-state index is 9.56. The van der Waals surface area contributed by atoms with E-state index in [1.54, 1.807) is 20.4 Å². The molecule has 0 aliphatic rings. The van der Waals surface area contributed by atoms with E-state index >= 15 is 0 Å². The molecular weight excluding hydrogens is 440 g/mol. The van der Waals surface area contributed by atoms with Crippen LogP contribution in [0.2, 0.25) is 0 Å². The van der Waals surface area contributed by atoms with Gasteiger partial charge in [-0.3, -0.25) is 5.43 Å². The van der Waals surface area contributed by atoms with E-state index in [0.29, 0.717) is 36.1 Å². The van der Waals surface area contributed by atoms with Gasteiger partial charge in [0, 0.05) is 18.4 Å². The molecular formula is C28H26N4O3. The molecule has 7 heteroatoms. The zero-order chi connectivity index (χ0) is 24.6. The van der Waals surface area contributed by atoms with Crippen molar-refractivity contribution in [3.05, 3.63) is 94.7 Å². The van der Waals surface area contributed by atoms with Gasteiger partial charge in [0.25, 0.3) is 0 Å². The summed E-state index contributed by atoms with van der Waals surface area (Å²) in [5, 5.41) is 16.2. The lowest BCUT2D eigenvalue weighted by molar-refractivity contribution is 0.184. The molecule has 0 spiro atoms. The first-order chi connectivity index (χ1) is 17.1. The van der Waals surface area contributed by atoms with Gasteiger partial charge in [-0.1, -0.05) is 42.5 Å². The zero-order valence-corrected chi connectivity index (χ0v) is 19.9. The van der Waals surface area contributed by atoms with Crippen LogP contribution in [0.4, 0.5) is 5.82 Å². The molecule has 0 aliphatic carbocycles. The van der Waals surface area contributed by atoms with E-state index in [1.807, 2.05) is 49.4 Å². The Morgan fingerprint density at radius 1 is 0.971 bits per heavy atom. The number of hydrogen-bond donors (Lipinski definition) is 1. The number of methoxy groups -OCH3 is 2. The van der Waals surface area contributed by atoms with Crippen LogP contribution in [0, 0.1) is 18.3 Å². The molecule has 0 saturated heterocycles. The zero-order valence-electron chi connectivity index (χ0n) is 19.9. The largest absolute Gasteiger partial charge is 0.493 e. The average molecular weight is 467 g/mol. The monoisotopic (exact) mass is 466 g/mol. The van der Waals surface area contributed by atoms with Gasteiger partial charge in [-0.15, -0.1) is 0 Å². The Morgan fingerprint density at radius 2 is 1.80 bits per heavy atom. The molecule has 3 aromatic carbocycles. The van der Waals surface area contributed by atoms with Gasteiger partial charge in [0.2, 0.25) is 0 Å².